The highest BCUT2D eigenvalue weighted by atomic mass is 19.1. The molecule has 18 heavy (non-hydrogen) atoms. The number of ether oxygens (including phenoxy) is 1. The molecular weight excluding hydrogens is 229 g/mol. The first-order chi connectivity index (χ1) is 9.73. The van der Waals surface area contributed by atoms with E-state index in [1.165, 1.54) is 0 Å². The van der Waals surface area contributed by atoms with E-state index in [1.807, 2.05) is 25.7 Å². The van der Waals surface area contributed by atoms with E-state index >= 15 is 0 Å². The zero-order chi connectivity index (χ0) is 15.8. The molecule has 0 radical (unpaired) electrons. The molecule has 2 nitrogen and oxygen atoms in total. The molecule has 0 spiro atoms. The summed E-state index contributed by atoms with van der Waals surface area (Å²) in [6, 6.07) is -0.530. The smallest absolute Gasteiger partial charge is 0.131 e. The van der Waals surface area contributed by atoms with Gasteiger partial charge in [0.05, 0.1) is 17.3 Å². The highest BCUT2D eigenvalue weighted by Crippen LogP contribution is 2.27. The second kappa shape index (κ2) is 5.37. The first-order valence-electron chi connectivity index (χ1n) is 7.82. The lowest BCUT2D eigenvalue weighted by Crippen LogP contribution is -2.36. The summed E-state index contributed by atoms with van der Waals surface area (Å²) in [4.78, 5) is 2.02. The first kappa shape index (κ1) is 9.93. The first-order valence-corrected chi connectivity index (χ1v) is 6.32. The van der Waals surface area contributed by atoms with Crippen molar-refractivity contribution in [2.24, 2.45) is 0 Å². The lowest BCUT2D eigenvalue weighted by Gasteiger charge is -2.28. The molecule has 0 amide bonds. The van der Waals surface area contributed by atoms with E-state index in [4.69, 9.17) is 8.85 Å². The number of hydrogen-bond acceptors (Lipinski definition) is 2. The Morgan fingerprint density at radius 2 is 2.00 bits per heavy atom. The fraction of sp³-hybridized carbons (Fsp3) is 0.600. The number of benzene rings is 1. The van der Waals surface area contributed by atoms with Gasteiger partial charge < -0.3 is 4.74 Å². The Labute approximate surface area is 113 Å². The van der Waals surface area contributed by atoms with Crippen LogP contribution in [0, 0.1) is 5.82 Å². The van der Waals surface area contributed by atoms with Crippen LogP contribution in [0.15, 0.2) is 18.1 Å². The quantitative estimate of drug-likeness (QED) is 0.804. The Hall–Kier alpha value is -0.930. The summed E-state index contributed by atoms with van der Waals surface area (Å²) in [6.07, 6.45) is 0. The molecule has 1 aliphatic rings. The van der Waals surface area contributed by atoms with E-state index in [-0.39, 0.29) is 29.3 Å². The average molecular weight is 254 g/mol. The fourth-order valence-electron chi connectivity index (χ4n) is 2.04. The van der Waals surface area contributed by atoms with Gasteiger partial charge in [-0.3, -0.25) is 4.90 Å². The summed E-state index contributed by atoms with van der Waals surface area (Å²) >= 11 is 0. The third kappa shape index (κ3) is 3.09. The SMILES string of the molecule is [2H]c1c([2H])c(CN2CCOCC2)c(F)c(C(C)(C)C)c1[2H]. The molecule has 0 atom stereocenters. The molecule has 0 aliphatic carbocycles. The van der Waals surface area contributed by atoms with Crippen LogP contribution in [0.2, 0.25) is 0 Å². The second-order valence-corrected chi connectivity index (χ2v) is 5.68. The van der Waals surface area contributed by atoms with Crippen molar-refractivity contribution in [2.75, 3.05) is 26.3 Å². The molecule has 3 heteroatoms. The summed E-state index contributed by atoms with van der Waals surface area (Å²) in [7, 11) is 0. The van der Waals surface area contributed by atoms with Gasteiger partial charge in [0.15, 0.2) is 0 Å². The van der Waals surface area contributed by atoms with Crippen molar-refractivity contribution in [3.8, 4) is 0 Å². The molecule has 0 bridgehead atoms. The molecule has 0 unspecified atom stereocenters. The molecular formula is C15H22FNO. The van der Waals surface area contributed by atoms with Gasteiger partial charge in [0, 0.05) is 25.2 Å². The normalized spacial score (nSPS) is 20.3. The Bertz CT molecular complexity index is 537. The molecule has 2 rings (SSSR count). The predicted octanol–water partition coefficient (Wildman–Crippen LogP) is 2.96. The summed E-state index contributed by atoms with van der Waals surface area (Å²) in [5, 5.41) is 0. The van der Waals surface area contributed by atoms with Crippen LogP contribution in [0.25, 0.3) is 0 Å². The van der Waals surface area contributed by atoms with Crippen LogP contribution in [0.1, 0.15) is 36.0 Å². The maximum Gasteiger partial charge on any atom is 0.131 e. The van der Waals surface area contributed by atoms with E-state index in [1.54, 1.807) is 0 Å². The molecule has 100 valence electrons. The number of halogens is 1. The minimum absolute atomic E-state index is 0.169. The van der Waals surface area contributed by atoms with E-state index in [0.29, 0.717) is 32.8 Å². The minimum atomic E-state index is -0.565. The summed E-state index contributed by atoms with van der Waals surface area (Å²) in [6.45, 7) is 8.36. The van der Waals surface area contributed by atoms with Crippen molar-refractivity contribution in [3.63, 3.8) is 0 Å². The molecule has 1 fully saturated rings. The minimum Gasteiger partial charge on any atom is -0.379 e. The van der Waals surface area contributed by atoms with Crippen molar-refractivity contribution in [3.05, 3.63) is 35.1 Å². The molecule has 1 heterocycles. The molecule has 1 saturated heterocycles. The van der Waals surface area contributed by atoms with Crippen molar-refractivity contribution >= 4 is 0 Å². The summed E-state index contributed by atoms with van der Waals surface area (Å²) in [5.74, 6) is -0.500. The van der Waals surface area contributed by atoms with E-state index in [9.17, 15) is 4.39 Å². The van der Waals surface area contributed by atoms with E-state index in [0.717, 1.165) is 0 Å². The molecule has 0 saturated carbocycles. The summed E-state index contributed by atoms with van der Waals surface area (Å²) in [5.41, 5.74) is -0.112. The van der Waals surface area contributed by atoms with Gasteiger partial charge in [-0.15, -0.1) is 0 Å². The standard InChI is InChI=1S/C15H22FNO/c1-15(2,3)13-6-4-5-12(14(13)16)11-17-7-9-18-10-8-17/h4-6H,7-11H2,1-3H3/i4D,5D,6D. The lowest BCUT2D eigenvalue weighted by atomic mass is 9.85. The Morgan fingerprint density at radius 3 is 2.61 bits per heavy atom. The largest absolute Gasteiger partial charge is 0.379 e. The molecule has 1 aromatic rings. The molecule has 0 N–H and O–H groups in total. The van der Waals surface area contributed by atoms with Crippen LogP contribution >= 0.6 is 0 Å². The van der Waals surface area contributed by atoms with Crippen LogP contribution in [-0.2, 0) is 16.7 Å². The average Bonchev–Trinajstić information content (AvgIpc) is 2.41. The number of rotatable bonds is 2. The Balaban J connectivity index is 2.47. The van der Waals surface area contributed by atoms with Gasteiger partial charge in [0.1, 0.15) is 5.82 Å². The highest BCUT2D eigenvalue weighted by molar-refractivity contribution is 5.30. The maximum absolute atomic E-state index is 14.8. The number of hydrogen-bond donors (Lipinski definition) is 0. The van der Waals surface area contributed by atoms with Crippen molar-refractivity contribution < 1.29 is 13.2 Å². The fourth-order valence-corrected chi connectivity index (χ4v) is 2.04. The summed E-state index contributed by atoms with van der Waals surface area (Å²) < 4.78 is 44.0. The molecule has 0 aromatic heterocycles. The van der Waals surface area contributed by atoms with Gasteiger partial charge in [-0.2, -0.15) is 0 Å². The van der Waals surface area contributed by atoms with Gasteiger partial charge >= 0.3 is 0 Å². The van der Waals surface area contributed by atoms with Crippen LogP contribution in [0.3, 0.4) is 0 Å². The van der Waals surface area contributed by atoms with Crippen LogP contribution in [0.4, 0.5) is 4.39 Å². The van der Waals surface area contributed by atoms with Crippen molar-refractivity contribution in [1.82, 2.24) is 4.90 Å². The van der Waals surface area contributed by atoms with Gasteiger partial charge in [-0.25, -0.2) is 4.39 Å². The van der Waals surface area contributed by atoms with Gasteiger partial charge in [-0.05, 0) is 11.0 Å². The highest BCUT2D eigenvalue weighted by Gasteiger charge is 2.21. The monoisotopic (exact) mass is 254 g/mol. The van der Waals surface area contributed by atoms with Crippen LogP contribution in [0.5, 0.6) is 0 Å². The third-order valence-electron chi connectivity index (χ3n) is 3.12. The molecule has 1 aliphatic heterocycles. The Morgan fingerprint density at radius 1 is 1.33 bits per heavy atom. The lowest BCUT2D eigenvalue weighted by molar-refractivity contribution is 0.0337. The van der Waals surface area contributed by atoms with Crippen LogP contribution < -0.4 is 0 Å². The second-order valence-electron chi connectivity index (χ2n) is 5.68. The topological polar surface area (TPSA) is 12.5 Å². The zero-order valence-corrected chi connectivity index (χ0v) is 11.3. The van der Waals surface area contributed by atoms with Crippen LogP contribution in [-0.4, -0.2) is 31.2 Å². The van der Waals surface area contributed by atoms with Crippen molar-refractivity contribution in [1.29, 1.82) is 0 Å². The van der Waals surface area contributed by atoms with Gasteiger partial charge in [-0.1, -0.05) is 38.9 Å². The van der Waals surface area contributed by atoms with Crippen molar-refractivity contribution in [2.45, 2.75) is 32.7 Å². The molecule has 1 aromatic carbocycles. The Kier molecular flexibility index (Phi) is 2.96. The predicted molar refractivity (Wildman–Crippen MR) is 71.2 cm³/mol. The maximum atomic E-state index is 14.8. The zero-order valence-electron chi connectivity index (χ0n) is 14.3. The third-order valence-corrected chi connectivity index (χ3v) is 3.12. The van der Waals surface area contributed by atoms with Gasteiger partial charge in [0.2, 0.25) is 0 Å². The van der Waals surface area contributed by atoms with E-state index in [2.05, 4.69) is 0 Å². The van der Waals surface area contributed by atoms with Gasteiger partial charge in [0.25, 0.3) is 0 Å². The number of nitrogens with zero attached hydrogens (tertiary/aromatic N) is 1. The van der Waals surface area contributed by atoms with E-state index < -0.39 is 11.2 Å². The number of morpholine rings is 1.